The average Bonchev–Trinajstić information content (AvgIpc) is 2.66. The number of carbonyl (C=O) groups is 1. The number of pyridine rings is 2. The summed E-state index contributed by atoms with van der Waals surface area (Å²) < 4.78 is 23.2. The maximum Gasteiger partial charge on any atom is 0.261 e. The molecule has 0 unspecified atom stereocenters. The molecule has 2 heterocycles. The van der Waals surface area contributed by atoms with Crippen LogP contribution in [0.25, 0.3) is 0 Å². The Morgan fingerprint density at radius 2 is 1.78 bits per heavy atom. The van der Waals surface area contributed by atoms with E-state index in [1.165, 1.54) is 23.2 Å². The highest BCUT2D eigenvalue weighted by atomic mass is 35.5. The maximum absolute atomic E-state index is 13.0. The third kappa shape index (κ3) is 4.69. The van der Waals surface area contributed by atoms with Crippen molar-refractivity contribution in [3.8, 4) is 0 Å². The van der Waals surface area contributed by atoms with Crippen LogP contribution >= 0.6 is 11.6 Å². The molecular weight excluding hydrogens is 386 g/mol. The van der Waals surface area contributed by atoms with Crippen molar-refractivity contribution in [1.82, 2.24) is 9.97 Å². The Kier molecular flexibility index (Phi) is 5.53. The molecule has 0 spiro atoms. The van der Waals surface area contributed by atoms with Crippen LogP contribution < -0.4 is 4.90 Å². The number of nitrogens with zero attached hydrogens (tertiary/aromatic N) is 3. The van der Waals surface area contributed by atoms with Crippen LogP contribution in [0.5, 0.6) is 0 Å². The summed E-state index contributed by atoms with van der Waals surface area (Å²) >= 11 is 5.80. The molecule has 0 saturated heterocycles. The zero-order valence-corrected chi connectivity index (χ0v) is 16.0. The lowest BCUT2D eigenvalue weighted by atomic mass is 10.2. The van der Waals surface area contributed by atoms with Crippen molar-refractivity contribution < 1.29 is 13.2 Å². The van der Waals surface area contributed by atoms with Gasteiger partial charge < -0.3 is 0 Å². The molecular formula is C19H16ClN3O3S. The zero-order valence-electron chi connectivity index (χ0n) is 14.4. The van der Waals surface area contributed by atoms with E-state index in [0.29, 0.717) is 16.5 Å². The normalized spacial score (nSPS) is 11.2. The van der Waals surface area contributed by atoms with Gasteiger partial charge in [0.25, 0.3) is 5.91 Å². The van der Waals surface area contributed by atoms with Crippen LogP contribution in [0, 0.1) is 0 Å². The molecule has 0 aliphatic heterocycles. The minimum Gasteiger partial charge on any atom is -0.288 e. The number of anilines is 1. The lowest BCUT2D eigenvalue weighted by Gasteiger charge is -2.22. The lowest BCUT2D eigenvalue weighted by Crippen LogP contribution is -2.31. The standard InChI is InChI=1S/C19H16ClN3O3S/c1-27(25,26)16-8-5-14(6-9-16)13-23(18-4-2-3-11-21-18)19(24)15-7-10-17(20)22-12-15/h2-12H,13H2,1H3. The number of hydrogen-bond acceptors (Lipinski definition) is 5. The Labute approximate surface area is 162 Å². The van der Waals surface area contributed by atoms with E-state index in [1.807, 2.05) is 0 Å². The molecule has 0 aliphatic rings. The summed E-state index contributed by atoms with van der Waals surface area (Å²) in [4.78, 5) is 22.9. The van der Waals surface area contributed by atoms with Crippen molar-refractivity contribution in [2.24, 2.45) is 0 Å². The van der Waals surface area contributed by atoms with E-state index in [9.17, 15) is 13.2 Å². The second-order valence-corrected chi connectivity index (χ2v) is 8.27. The first kappa shape index (κ1) is 19.0. The van der Waals surface area contributed by atoms with Crippen LogP contribution in [-0.4, -0.2) is 30.5 Å². The summed E-state index contributed by atoms with van der Waals surface area (Å²) in [5, 5.41) is 0.298. The molecule has 138 valence electrons. The zero-order chi connectivity index (χ0) is 19.4. The van der Waals surface area contributed by atoms with Crippen LogP contribution in [0.15, 0.2) is 71.9 Å². The van der Waals surface area contributed by atoms with Crippen LogP contribution in [0.2, 0.25) is 5.15 Å². The van der Waals surface area contributed by atoms with Gasteiger partial charge in [0, 0.05) is 18.6 Å². The van der Waals surface area contributed by atoms with Crippen molar-refractivity contribution in [3.63, 3.8) is 0 Å². The number of benzene rings is 1. The van der Waals surface area contributed by atoms with E-state index >= 15 is 0 Å². The molecule has 2 aromatic heterocycles. The average molecular weight is 402 g/mol. The Morgan fingerprint density at radius 1 is 1.04 bits per heavy atom. The van der Waals surface area contributed by atoms with E-state index in [-0.39, 0.29) is 17.3 Å². The van der Waals surface area contributed by atoms with Gasteiger partial charge in [-0.15, -0.1) is 0 Å². The fourth-order valence-corrected chi connectivity index (χ4v) is 3.20. The predicted octanol–water partition coefficient (Wildman–Crippen LogP) is 3.38. The van der Waals surface area contributed by atoms with Gasteiger partial charge in [0.15, 0.2) is 9.84 Å². The molecule has 3 aromatic rings. The highest BCUT2D eigenvalue weighted by Crippen LogP contribution is 2.19. The van der Waals surface area contributed by atoms with Gasteiger partial charge in [-0.1, -0.05) is 29.8 Å². The van der Waals surface area contributed by atoms with Crippen LogP contribution in [-0.2, 0) is 16.4 Å². The van der Waals surface area contributed by atoms with Crippen LogP contribution in [0.1, 0.15) is 15.9 Å². The first-order valence-corrected chi connectivity index (χ1v) is 10.2. The van der Waals surface area contributed by atoms with Crippen molar-refractivity contribution in [1.29, 1.82) is 0 Å². The summed E-state index contributed by atoms with van der Waals surface area (Å²) in [5.41, 5.74) is 1.14. The minimum atomic E-state index is -3.28. The summed E-state index contributed by atoms with van der Waals surface area (Å²) in [6, 6.07) is 14.8. The van der Waals surface area contributed by atoms with Crippen LogP contribution in [0.3, 0.4) is 0 Å². The molecule has 0 atom stereocenters. The fourth-order valence-electron chi connectivity index (χ4n) is 2.45. The van der Waals surface area contributed by atoms with E-state index in [4.69, 9.17) is 11.6 Å². The highest BCUT2D eigenvalue weighted by molar-refractivity contribution is 7.90. The third-order valence-electron chi connectivity index (χ3n) is 3.84. The Morgan fingerprint density at radius 3 is 2.33 bits per heavy atom. The largest absolute Gasteiger partial charge is 0.288 e. The number of sulfone groups is 1. The Balaban J connectivity index is 1.93. The highest BCUT2D eigenvalue weighted by Gasteiger charge is 2.20. The maximum atomic E-state index is 13.0. The molecule has 0 bridgehead atoms. The molecule has 3 rings (SSSR count). The number of hydrogen-bond donors (Lipinski definition) is 0. The summed E-state index contributed by atoms with van der Waals surface area (Å²) in [6.07, 6.45) is 4.16. The molecule has 0 radical (unpaired) electrons. The van der Waals surface area contributed by atoms with Gasteiger partial charge in [0.1, 0.15) is 11.0 Å². The van der Waals surface area contributed by atoms with E-state index < -0.39 is 9.84 Å². The summed E-state index contributed by atoms with van der Waals surface area (Å²) in [6.45, 7) is 0.225. The SMILES string of the molecule is CS(=O)(=O)c1ccc(CN(C(=O)c2ccc(Cl)nc2)c2ccccn2)cc1. The quantitative estimate of drug-likeness (QED) is 0.612. The van der Waals surface area contributed by atoms with Gasteiger partial charge in [0.05, 0.1) is 17.0 Å². The van der Waals surface area contributed by atoms with Crippen LogP contribution in [0.4, 0.5) is 5.82 Å². The van der Waals surface area contributed by atoms with E-state index in [1.54, 1.807) is 48.7 Å². The van der Waals surface area contributed by atoms with Gasteiger partial charge in [-0.3, -0.25) is 9.69 Å². The number of halogens is 1. The smallest absolute Gasteiger partial charge is 0.261 e. The second kappa shape index (κ2) is 7.85. The fraction of sp³-hybridized carbons (Fsp3) is 0.105. The first-order chi connectivity index (χ1) is 12.8. The molecule has 0 aliphatic carbocycles. The van der Waals surface area contributed by atoms with Gasteiger partial charge in [-0.05, 0) is 42.0 Å². The number of carbonyl (C=O) groups excluding carboxylic acids is 1. The summed E-state index contributed by atoms with van der Waals surface area (Å²) in [5.74, 6) is 0.190. The molecule has 1 amide bonds. The van der Waals surface area contributed by atoms with Gasteiger partial charge in [-0.2, -0.15) is 0 Å². The molecule has 1 aromatic carbocycles. The first-order valence-electron chi connectivity index (χ1n) is 7.98. The van der Waals surface area contributed by atoms with Crippen molar-refractivity contribution in [3.05, 3.63) is 83.3 Å². The monoisotopic (exact) mass is 401 g/mol. The minimum absolute atomic E-state index is 0.225. The number of aromatic nitrogens is 2. The molecule has 0 saturated carbocycles. The molecule has 6 nitrogen and oxygen atoms in total. The van der Waals surface area contributed by atoms with Crippen molar-refractivity contribution in [2.75, 3.05) is 11.2 Å². The second-order valence-electron chi connectivity index (χ2n) is 5.86. The Hall–Kier alpha value is -2.77. The number of amides is 1. The number of rotatable bonds is 5. The van der Waals surface area contributed by atoms with Gasteiger partial charge in [-0.25, -0.2) is 18.4 Å². The van der Waals surface area contributed by atoms with E-state index in [0.717, 1.165) is 11.8 Å². The van der Waals surface area contributed by atoms with Gasteiger partial charge in [0.2, 0.25) is 0 Å². The van der Waals surface area contributed by atoms with Crippen molar-refractivity contribution >= 4 is 33.2 Å². The molecule has 27 heavy (non-hydrogen) atoms. The topological polar surface area (TPSA) is 80.2 Å². The Bertz CT molecular complexity index is 1040. The molecule has 8 heteroatoms. The van der Waals surface area contributed by atoms with Crippen molar-refractivity contribution in [2.45, 2.75) is 11.4 Å². The van der Waals surface area contributed by atoms with Gasteiger partial charge >= 0.3 is 0 Å². The predicted molar refractivity (Wildman–Crippen MR) is 104 cm³/mol. The lowest BCUT2D eigenvalue weighted by molar-refractivity contribution is 0.0984. The molecule has 0 N–H and O–H groups in total. The van der Waals surface area contributed by atoms with E-state index in [2.05, 4.69) is 9.97 Å². The third-order valence-corrected chi connectivity index (χ3v) is 5.19. The molecule has 0 fully saturated rings. The summed E-state index contributed by atoms with van der Waals surface area (Å²) in [7, 11) is -3.28.